The molecule has 1 aliphatic rings. The van der Waals surface area contributed by atoms with E-state index in [1.165, 1.54) is 15.9 Å². The van der Waals surface area contributed by atoms with Crippen LogP contribution in [0.2, 0.25) is 0 Å². The van der Waals surface area contributed by atoms with Crippen molar-refractivity contribution < 1.29 is 18.9 Å². The molecular weight excluding hydrogens is 442 g/mol. The van der Waals surface area contributed by atoms with Gasteiger partial charge in [0.05, 0.1) is 18.2 Å². The molecule has 8 nitrogen and oxygen atoms in total. The fourth-order valence-corrected chi connectivity index (χ4v) is 4.42. The number of hydrogen-bond acceptors (Lipinski definition) is 8. The van der Waals surface area contributed by atoms with E-state index in [0.29, 0.717) is 44.9 Å². The number of nitrogens with zero attached hydrogens (tertiary/aromatic N) is 3. The molecule has 2 aromatic carbocycles. The number of benzene rings is 2. The molecule has 1 aliphatic heterocycles. The Morgan fingerprint density at radius 2 is 2.06 bits per heavy atom. The lowest BCUT2D eigenvalue weighted by Crippen LogP contribution is -2.26. The third kappa shape index (κ3) is 4.23. The first-order chi connectivity index (χ1) is 16.2. The number of thiazole rings is 1. The van der Waals surface area contributed by atoms with E-state index in [4.69, 9.17) is 18.9 Å². The van der Waals surface area contributed by atoms with Crippen LogP contribution in [-0.4, -0.2) is 34.9 Å². The second kappa shape index (κ2) is 9.11. The lowest BCUT2D eigenvalue weighted by atomic mass is 10.2. The van der Waals surface area contributed by atoms with Crippen LogP contribution in [0.25, 0.3) is 11.0 Å². The first-order valence-corrected chi connectivity index (χ1v) is 11.6. The predicted octanol–water partition coefficient (Wildman–Crippen LogP) is 3.40. The van der Waals surface area contributed by atoms with Crippen LogP contribution in [-0.2, 0) is 0 Å². The minimum absolute atomic E-state index is 0.229. The van der Waals surface area contributed by atoms with Crippen molar-refractivity contribution in [2.24, 2.45) is 0 Å². The summed E-state index contributed by atoms with van der Waals surface area (Å²) in [5.74, 6) is 3.07. The molecule has 4 aromatic rings. The fourth-order valence-electron chi connectivity index (χ4n) is 3.50. The molecule has 0 bridgehead atoms. The number of methoxy groups -OCH3 is 1. The first-order valence-electron chi connectivity index (χ1n) is 10.8. The average Bonchev–Trinajstić information content (AvgIpc) is 3.39. The molecule has 0 fully saturated rings. The van der Waals surface area contributed by atoms with Gasteiger partial charge >= 0.3 is 0 Å². The van der Waals surface area contributed by atoms with Crippen LogP contribution in [0.3, 0.4) is 0 Å². The molecule has 0 spiro atoms. The fraction of sp³-hybridized carbons (Fsp3) is 0.292. The molecule has 0 saturated carbocycles. The van der Waals surface area contributed by atoms with Gasteiger partial charge in [-0.05, 0) is 42.3 Å². The molecule has 0 radical (unpaired) electrons. The van der Waals surface area contributed by atoms with Crippen molar-refractivity contribution in [3.05, 3.63) is 68.7 Å². The van der Waals surface area contributed by atoms with Crippen molar-refractivity contribution in [1.29, 1.82) is 0 Å². The molecule has 0 aliphatic carbocycles. The topological polar surface area (TPSA) is 84.2 Å². The largest absolute Gasteiger partial charge is 0.493 e. The van der Waals surface area contributed by atoms with Crippen LogP contribution in [0.5, 0.6) is 23.0 Å². The van der Waals surface area contributed by atoms with Crippen LogP contribution >= 0.6 is 11.3 Å². The molecule has 1 atom stereocenters. The highest BCUT2D eigenvalue weighted by Crippen LogP contribution is 2.35. The second-order valence-corrected chi connectivity index (χ2v) is 8.57. The Morgan fingerprint density at radius 3 is 2.85 bits per heavy atom. The zero-order chi connectivity index (χ0) is 22.8. The Bertz CT molecular complexity index is 1400. The molecule has 3 heterocycles. The quantitative estimate of drug-likeness (QED) is 0.387. The van der Waals surface area contributed by atoms with Crippen LogP contribution in [0.15, 0.2) is 47.3 Å². The molecule has 1 unspecified atom stereocenters. The normalized spacial score (nSPS) is 15.7. The molecular formula is C24H23N3O5S. The summed E-state index contributed by atoms with van der Waals surface area (Å²) in [5.41, 5.74) is 0.602. The minimum atomic E-state index is -0.469. The van der Waals surface area contributed by atoms with Crippen LogP contribution in [0, 0.1) is 0 Å². The van der Waals surface area contributed by atoms with E-state index in [-0.39, 0.29) is 12.2 Å². The first kappa shape index (κ1) is 21.3. The summed E-state index contributed by atoms with van der Waals surface area (Å²) in [6.45, 7) is 3.04. The Balaban J connectivity index is 1.41. The summed E-state index contributed by atoms with van der Waals surface area (Å²) < 4.78 is 24.8. The van der Waals surface area contributed by atoms with E-state index in [0.717, 1.165) is 18.4 Å². The summed E-state index contributed by atoms with van der Waals surface area (Å²) in [7, 11) is 1.60. The number of para-hydroxylation sites is 2. The SMILES string of the molecule is CCCCOc1ccc(C=c2sc3nc(C4COc5ccccc5O4)nn3c2=O)cc1OC. The summed E-state index contributed by atoms with van der Waals surface area (Å²) >= 11 is 1.28. The summed E-state index contributed by atoms with van der Waals surface area (Å²) in [4.78, 5) is 18.0. The zero-order valence-corrected chi connectivity index (χ0v) is 19.1. The molecule has 33 heavy (non-hydrogen) atoms. The average molecular weight is 466 g/mol. The molecule has 0 N–H and O–H groups in total. The van der Waals surface area contributed by atoms with Crippen LogP contribution in [0.4, 0.5) is 0 Å². The molecule has 170 valence electrons. The van der Waals surface area contributed by atoms with Crippen molar-refractivity contribution in [3.63, 3.8) is 0 Å². The molecule has 9 heteroatoms. The van der Waals surface area contributed by atoms with Gasteiger partial charge < -0.3 is 18.9 Å². The van der Waals surface area contributed by atoms with E-state index in [1.54, 1.807) is 13.2 Å². The number of hydrogen-bond donors (Lipinski definition) is 0. The van der Waals surface area contributed by atoms with Gasteiger partial charge in [-0.25, -0.2) is 0 Å². The van der Waals surface area contributed by atoms with Gasteiger partial charge in [0, 0.05) is 0 Å². The number of rotatable bonds is 7. The zero-order valence-electron chi connectivity index (χ0n) is 18.3. The maximum Gasteiger partial charge on any atom is 0.291 e. The van der Waals surface area contributed by atoms with E-state index in [2.05, 4.69) is 17.0 Å². The van der Waals surface area contributed by atoms with E-state index in [1.807, 2.05) is 42.5 Å². The third-order valence-electron chi connectivity index (χ3n) is 5.24. The summed E-state index contributed by atoms with van der Waals surface area (Å²) in [5, 5.41) is 4.39. The van der Waals surface area contributed by atoms with Crippen LogP contribution < -0.4 is 29.0 Å². The predicted molar refractivity (Wildman–Crippen MR) is 125 cm³/mol. The van der Waals surface area contributed by atoms with Crippen molar-refractivity contribution in [3.8, 4) is 23.0 Å². The number of unbranched alkanes of at least 4 members (excludes halogenated alkanes) is 1. The van der Waals surface area contributed by atoms with Gasteiger partial charge in [-0.1, -0.05) is 42.9 Å². The van der Waals surface area contributed by atoms with Gasteiger partial charge in [-0.3, -0.25) is 4.79 Å². The maximum atomic E-state index is 12.9. The van der Waals surface area contributed by atoms with Gasteiger partial charge in [-0.2, -0.15) is 9.50 Å². The van der Waals surface area contributed by atoms with Crippen molar-refractivity contribution in [2.45, 2.75) is 25.9 Å². The van der Waals surface area contributed by atoms with Crippen LogP contribution in [0.1, 0.15) is 37.3 Å². The lowest BCUT2D eigenvalue weighted by Gasteiger charge is -2.24. The smallest absolute Gasteiger partial charge is 0.291 e. The van der Waals surface area contributed by atoms with Gasteiger partial charge in [0.2, 0.25) is 4.96 Å². The number of fused-ring (bicyclic) bond motifs is 2. The molecule has 5 rings (SSSR count). The number of aromatic nitrogens is 3. The Kier molecular flexibility index (Phi) is 5.87. The maximum absolute atomic E-state index is 12.9. The monoisotopic (exact) mass is 465 g/mol. The van der Waals surface area contributed by atoms with E-state index in [9.17, 15) is 4.79 Å². The van der Waals surface area contributed by atoms with Gasteiger partial charge in [0.25, 0.3) is 5.56 Å². The molecule has 2 aromatic heterocycles. The third-order valence-corrected chi connectivity index (χ3v) is 6.19. The highest BCUT2D eigenvalue weighted by atomic mass is 32.1. The lowest BCUT2D eigenvalue weighted by molar-refractivity contribution is 0.0852. The molecule has 0 saturated heterocycles. The Labute approximate surface area is 194 Å². The standard InChI is InChI=1S/C24H23N3O5S/c1-3-4-11-30-17-10-9-15(12-19(17)29-2)13-21-23(28)27-24(33-21)25-22(26-27)20-14-31-16-7-5-6-8-18(16)32-20/h5-10,12-13,20H,3-4,11,14H2,1-2H3. The number of ether oxygens (including phenoxy) is 4. The highest BCUT2D eigenvalue weighted by molar-refractivity contribution is 7.15. The highest BCUT2D eigenvalue weighted by Gasteiger charge is 2.27. The van der Waals surface area contributed by atoms with Gasteiger partial charge in [0.1, 0.15) is 6.61 Å². The Hall–Kier alpha value is -3.59. The van der Waals surface area contributed by atoms with Crippen molar-refractivity contribution in [2.75, 3.05) is 20.3 Å². The van der Waals surface area contributed by atoms with Gasteiger partial charge in [0.15, 0.2) is 34.9 Å². The van der Waals surface area contributed by atoms with Crippen molar-refractivity contribution >= 4 is 22.4 Å². The van der Waals surface area contributed by atoms with E-state index < -0.39 is 6.10 Å². The van der Waals surface area contributed by atoms with E-state index >= 15 is 0 Å². The molecule has 0 amide bonds. The Morgan fingerprint density at radius 1 is 1.21 bits per heavy atom. The second-order valence-electron chi connectivity index (χ2n) is 7.56. The summed E-state index contributed by atoms with van der Waals surface area (Å²) in [6, 6.07) is 13.1. The summed E-state index contributed by atoms with van der Waals surface area (Å²) in [6.07, 6.45) is 3.37. The minimum Gasteiger partial charge on any atom is -0.493 e. The van der Waals surface area contributed by atoms with Gasteiger partial charge in [-0.15, -0.1) is 5.10 Å². The van der Waals surface area contributed by atoms with Crippen molar-refractivity contribution in [1.82, 2.24) is 14.6 Å².